The molecular formula is C15H16IN3O. The number of carbonyl (C=O) groups excluding carboxylic acids is 1. The molecule has 1 aromatic carbocycles. The van der Waals surface area contributed by atoms with Crippen molar-refractivity contribution in [3.8, 4) is 0 Å². The Bertz CT molecular complexity index is 622. The molecule has 0 saturated carbocycles. The van der Waals surface area contributed by atoms with Gasteiger partial charge < -0.3 is 0 Å². The minimum Gasteiger partial charge on any atom is -0.292 e. The highest BCUT2D eigenvalue weighted by atomic mass is 127. The SMILES string of the molecule is CC(C)(C)C(=O)/C(=C/c1ccc(I)cc1)n1cncn1. The zero-order chi connectivity index (χ0) is 14.8. The molecule has 0 aliphatic carbocycles. The Balaban J connectivity index is 2.47. The van der Waals surface area contributed by atoms with Gasteiger partial charge in [0.2, 0.25) is 0 Å². The van der Waals surface area contributed by atoms with Gasteiger partial charge in [-0.3, -0.25) is 4.79 Å². The topological polar surface area (TPSA) is 47.8 Å². The third-order valence-electron chi connectivity index (χ3n) is 2.75. The number of Topliss-reactive ketones (excluding diaryl/α,β-unsaturated/α-hetero) is 1. The van der Waals surface area contributed by atoms with Gasteiger partial charge in [-0.05, 0) is 46.4 Å². The van der Waals surface area contributed by atoms with Crippen molar-refractivity contribution in [3.63, 3.8) is 0 Å². The van der Waals surface area contributed by atoms with E-state index in [0.29, 0.717) is 5.70 Å². The first-order valence-corrected chi connectivity index (χ1v) is 7.33. The number of hydrogen-bond donors (Lipinski definition) is 0. The van der Waals surface area contributed by atoms with Crippen molar-refractivity contribution in [1.82, 2.24) is 14.8 Å². The molecule has 2 aromatic rings. The molecule has 0 radical (unpaired) electrons. The Morgan fingerprint density at radius 1 is 1.25 bits per heavy atom. The summed E-state index contributed by atoms with van der Waals surface area (Å²) in [4.78, 5) is 16.5. The van der Waals surface area contributed by atoms with Crippen molar-refractivity contribution in [2.24, 2.45) is 5.41 Å². The fraction of sp³-hybridized carbons (Fsp3) is 0.267. The molecule has 1 aromatic heterocycles. The molecule has 0 N–H and O–H groups in total. The third-order valence-corrected chi connectivity index (χ3v) is 3.47. The third kappa shape index (κ3) is 3.53. The van der Waals surface area contributed by atoms with Crippen LogP contribution in [0, 0.1) is 8.99 Å². The predicted molar refractivity (Wildman–Crippen MR) is 87.8 cm³/mol. The maximum absolute atomic E-state index is 12.6. The van der Waals surface area contributed by atoms with E-state index in [-0.39, 0.29) is 5.78 Å². The first-order chi connectivity index (χ1) is 9.38. The molecule has 5 heteroatoms. The Morgan fingerprint density at radius 3 is 2.40 bits per heavy atom. The first-order valence-electron chi connectivity index (χ1n) is 6.25. The van der Waals surface area contributed by atoms with E-state index in [2.05, 4.69) is 32.7 Å². The number of halogens is 1. The van der Waals surface area contributed by atoms with E-state index in [1.807, 2.05) is 51.1 Å². The van der Waals surface area contributed by atoms with Gasteiger partial charge in [0.15, 0.2) is 5.78 Å². The van der Waals surface area contributed by atoms with Gasteiger partial charge >= 0.3 is 0 Å². The van der Waals surface area contributed by atoms with E-state index in [1.165, 1.54) is 11.0 Å². The van der Waals surface area contributed by atoms with Crippen LogP contribution in [0.1, 0.15) is 26.3 Å². The second-order valence-corrected chi connectivity index (χ2v) is 6.75. The highest BCUT2D eigenvalue weighted by Crippen LogP contribution is 2.24. The number of nitrogens with zero attached hydrogens (tertiary/aromatic N) is 3. The summed E-state index contributed by atoms with van der Waals surface area (Å²) in [6.07, 6.45) is 4.82. The molecule has 0 fully saturated rings. The maximum Gasteiger partial charge on any atom is 0.186 e. The molecule has 4 nitrogen and oxygen atoms in total. The molecule has 20 heavy (non-hydrogen) atoms. The van der Waals surface area contributed by atoms with E-state index in [0.717, 1.165) is 9.13 Å². The summed E-state index contributed by atoms with van der Waals surface area (Å²) in [6, 6.07) is 7.98. The smallest absolute Gasteiger partial charge is 0.186 e. The minimum absolute atomic E-state index is 0.0292. The zero-order valence-electron chi connectivity index (χ0n) is 11.7. The first kappa shape index (κ1) is 14.9. The predicted octanol–water partition coefficient (Wildman–Crippen LogP) is 3.50. The van der Waals surface area contributed by atoms with Gasteiger partial charge in [-0.1, -0.05) is 32.9 Å². The second-order valence-electron chi connectivity index (χ2n) is 5.50. The monoisotopic (exact) mass is 381 g/mol. The van der Waals surface area contributed by atoms with Crippen LogP contribution in [0.25, 0.3) is 11.8 Å². The molecule has 1 heterocycles. The van der Waals surface area contributed by atoms with Crippen LogP contribution in [0.5, 0.6) is 0 Å². The lowest BCUT2D eigenvalue weighted by atomic mass is 9.88. The molecule has 104 valence electrons. The maximum atomic E-state index is 12.6. The van der Waals surface area contributed by atoms with E-state index < -0.39 is 5.41 Å². The summed E-state index contributed by atoms with van der Waals surface area (Å²) in [7, 11) is 0. The largest absolute Gasteiger partial charge is 0.292 e. The number of ketones is 1. The zero-order valence-corrected chi connectivity index (χ0v) is 13.8. The average molecular weight is 381 g/mol. The van der Waals surface area contributed by atoms with Crippen LogP contribution in [0.15, 0.2) is 36.9 Å². The standard InChI is InChI=1S/C15H16IN3O/c1-15(2,3)14(20)13(19-10-17-9-18-19)8-11-4-6-12(16)7-5-11/h4-10H,1-3H3/b13-8-. The molecule has 0 saturated heterocycles. The number of rotatable bonds is 3. The molecule has 0 aliphatic heterocycles. The summed E-state index contributed by atoms with van der Waals surface area (Å²) >= 11 is 2.25. The van der Waals surface area contributed by atoms with Gasteiger partial charge in [-0.15, -0.1) is 0 Å². The molecule has 0 atom stereocenters. The van der Waals surface area contributed by atoms with Crippen LogP contribution in [-0.4, -0.2) is 20.5 Å². The normalized spacial score (nSPS) is 12.5. The van der Waals surface area contributed by atoms with E-state index in [4.69, 9.17) is 0 Å². The molecular weight excluding hydrogens is 365 g/mol. The quantitative estimate of drug-likeness (QED) is 0.604. The summed E-state index contributed by atoms with van der Waals surface area (Å²) in [5.74, 6) is 0.0292. The molecule has 0 bridgehead atoms. The van der Waals surface area contributed by atoms with Gasteiger partial charge in [0.05, 0.1) is 0 Å². The average Bonchev–Trinajstić information content (AvgIpc) is 2.90. The lowest BCUT2D eigenvalue weighted by Crippen LogP contribution is -2.24. The minimum atomic E-state index is -0.471. The van der Waals surface area contributed by atoms with Gasteiger partial charge in [-0.25, -0.2) is 9.67 Å². The van der Waals surface area contributed by atoms with Crippen molar-refractivity contribution in [2.75, 3.05) is 0 Å². The molecule has 0 spiro atoms. The summed E-state index contributed by atoms with van der Waals surface area (Å²) in [6.45, 7) is 5.69. The van der Waals surface area contributed by atoms with Crippen molar-refractivity contribution < 1.29 is 4.79 Å². The number of allylic oxidation sites excluding steroid dienone is 1. The van der Waals surface area contributed by atoms with E-state index >= 15 is 0 Å². The van der Waals surface area contributed by atoms with Crippen LogP contribution in [0.4, 0.5) is 0 Å². The fourth-order valence-electron chi connectivity index (χ4n) is 1.67. The number of benzene rings is 1. The van der Waals surface area contributed by atoms with Crippen LogP contribution in [-0.2, 0) is 4.79 Å². The fourth-order valence-corrected chi connectivity index (χ4v) is 2.03. The van der Waals surface area contributed by atoms with E-state index in [9.17, 15) is 4.79 Å². The Morgan fingerprint density at radius 2 is 1.90 bits per heavy atom. The Labute approximate surface area is 132 Å². The van der Waals surface area contributed by atoms with Crippen LogP contribution in [0.3, 0.4) is 0 Å². The number of carbonyl (C=O) groups is 1. The highest BCUT2D eigenvalue weighted by Gasteiger charge is 2.26. The van der Waals surface area contributed by atoms with Crippen LogP contribution >= 0.6 is 22.6 Å². The van der Waals surface area contributed by atoms with Crippen molar-refractivity contribution in [2.45, 2.75) is 20.8 Å². The summed E-state index contributed by atoms with van der Waals surface area (Å²) in [5.41, 5.74) is 1.02. The second kappa shape index (κ2) is 5.87. The van der Waals surface area contributed by atoms with Gasteiger partial charge in [0.1, 0.15) is 18.4 Å². The highest BCUT2D eigenvalue weighted by molar-refractivity contribution is 14.1. The van der Waals surface area contributed by atoms with E-state index in [1.54, 1.807) is 6.33 Å². The van der Waals surface area contributed by atoms with Gasteiger partial charge in [0.25, 0.3) is 0 Å². The number of aromatic nitrogens is 3. The van der Waals surface area contributed by atoms with Crippen LogP contribution in [0.2, 0.25) is 0 Å². The molecule has 0 aliphatic rings. The molecule has 0 unspecified atom stereocenters. The van der Waals surface area contributed by atoms with Gasteiger partial charge in [0, 0.05) is 8.99 Å². The van der Waals surface area contributed by atoms with Crippen molar-refractivity contribution >= 4 is 40.1 Å². The summed E-state index contributed by atoms with van der Waals surface area (Å²) in [5, 5.41) is 4.08. The lowest BCUT2D eigenvalue weighted by Gasteiger charge is -2.18. The molecule has 2 rings (SSSR count). The Hall–Kier alpha value is -1.50. The summed E-state index contributed by atoms with van der Waals surface area (Å²) < 4.78 is 2.68. The lowest BCUT2D eigenvalue weighted by molar-refractivity contribution is -0.120. The van der Waals surface area contributed by atoms with Crippen molar-refractivity contribution in [3.05, 3.63) is 46.1 Å². The Kier molecular flexibility index (Phi) is 4.37. The molecule has 0 amide bonds. The van der Waals surface area contributed by atoms with Crippen molar-refractivity contribution in [1.29, 1.82) is 0 Å². The number of hydrogen-bond acceptors (Lipinski definition) is 3. The van der Waals surface area contributed by atoms with Gasteiger partial charge in [-0.2, -0.15) is 5.10 Å². The van der Waals surface area contributed by atoms with Crippen LogP contribution < -0.4 is 0 Å².